The number of ether oxygens (including phenoxy) is 1. The third kappa shape index (κ3) is 3.14. The standard InChI is InChI=1S/C16H32N2O/c1-6-15(4)12-18(14(11-17-15)13(2)3)16(5)7-9-19-10-8-16/h13-14,17H,6-12H2,1-5H3. The first-order chi connectivity index (χ1) is 8.90. The van der Waals surface area contributed by atoms with Gasteiger partial charge in [-0.2, -0.15) is 0 Å². The lowest BCUT2D eigenvalue weighted by Crippen LogP contribution is -2.69. The molecule has 19 heavy (non-hydrogen) atoms. The van der Waals surface area contributed by atoms with Crippen LogP contribution in [-0.2, 0) is 4.74 Å². The lowest BCUT2D eigenvalue weighted by molar-refractivity contribution is -0.0753. The first-order valence-corrected chi connectivity index (χ1v) is 8.00. The van der Waals surface area contributed by atoms with E-state index in [1.165, 1.54) is 25.8 Å². The Bertz CT molecular complexity index is 299. The highest BCUT2D eigenvalue weighted by Gasteiger charge is 2.44. The van der Waals surface area contributed by atoms with Gasteiger partial charge in [-0.1, -0.05) is 20.8 Å². The molecular weight excluding hydrogens is 236 g/mol. The monoisotopic (exact) mass is 268 g/mol. The molecule has 0 amide bonds. The summed E-state index contributed by atoms with van der Waals surface area (Å²) in [6, 6.07) is 0.655. The minimum Gasteiger partial charge on any atom is -0.381 e. The number of nitrogens with zero attached hydrogens (tertiary/aromatic N) is 1. The van der Waals surface area contributed by atoms with Crippen molar-refractivity contribution in [2.45, 2.75) is 71.0 Å². The molecule has 0 aromatic carbocycles. The van der Waals surface area contributed by atoms with Gasteiger partial charge in [-0.15, -0.1) is 0 Å². The van der Waals surface area contributed by atoms with Gasteiger partial charge in [0.2, 0.25) is 0 Å². The Morgan fingerprint density at radius 2 is 1.89 bits per heavy atom. The maximum absolute atomic E-state index is 5.59. The first-order valence-electron chi connectivity index (χ1n) is 8.00. The number of hydrogen-bond acceptors (Lipinski definition) is 3. The van der Waals surface area contributed by atoms with Crippen LogP contribution in [0.5, 0.6) is 0 Å². The largest absolute Gasteiger partial charge is 0.381 e. The molecule has 2 saturated heterocycles. The Hall–Kier alpha value is -0.120. The molecule has 0 aliphatic carbocycles. The molecule has 2 rings (SSSR count). The van der Waals surface area contributed by atoms with Crippen LogP contribution in [0.25, 0.3) is 0 Å². The third-order valence-electron chi connectivity index (χ3n) is 5.47. The minimum atomic E-state index is 0.271. The van der Waals surface area contributed by atoms with Gasteiger partial charge in [0, 0.05) is 43.4 Å². The molecule has 2 fully saturated rings. The number of rotatable bonds is 3. The molecule has 3 heteroatoms. The first kappa shape index (κ1) is 15.3. The quantitative estimate of drug-likeness (QED) is 0.851. The number of nitrogens with one attached hydrogen (secondary N) is 1. The van der Waals surface area contributed by atoms with Crippen LogP contribution in [0.2, 0.25) is 0 Å². The van der Waals surface area contributed by atoms with Crippen molar-refractivity contribution in [3.05, 3.63) is 0 Å². The van der Waals surface area contributed by atoms with Gasteiger partial charge >= 0.3 is 0 Å². The van der Waals surface area contributed by atoms with Crippen LogP contribution < -0.4 is 5.32 Å². The van der Waals surface area contributed by atoms with Crippen molar-refractivity contribution in [2.24, 2.45) is 5.92 Å². The lowest BCUT2D eigenvalue weighted by atomic mass is 9.81. The summed E-state index contributed by atoms with van der Waals surface area (Å²) in [6.07, 6.45) is 3.55. The van der Waals surface area contributed by atoms with Crippen LogP contribution in [0.15, 0.2) is 0 Å². The van der Waals surface area contributed by atoms with Gasteiger partial charge in [0.15, 0.2) is 0 Å². The van der Waals surface area contributed by atoms with E-state index < -0.39 is 0 Å². The van der Waals surface area contributed by atoms with Crippen LogP contribution >= 0.6 is 0 Å². The smallest absolute Gasteiger partial charge is 0.0483 e. The van der Waals surface area contributed by atoms with E-state index in [4.69, 9.17) is 4.74 Å². The molecule has 2 aliphatic heterocycles. The van der Waals surface area contributed by atoms with Crippen LogP contribution in [-0.4, -0.2) is 48.3 Å². The summed E-state index contributed by atoms with van der Waals surface area (Å²) < 4.78 is 5.59. The molecule has 2 unspecified atom stereocenters. The Morgan fingerprint density at radius 1 is 1.26 bits per heavy atom. The highest BCUT2D eigenvalue weighted by Crippen LogP contribution is 2.35. The van der Waals surface area contributed by atoms with Gasteiger partial charge in [-0.05, 0) is 39.0 Å². The molecule has 112 valence electrons. The second-order valence-electron chi connectivity index (χ2n) is 7.34. The zero-order chi connectivity index (χ0) is 14.1. The Labute approximate surface area is 119 Å². The second-order valence-corrected chi connectivity index (χ2v) is 7.34. The molecule has 2 heterocycles. The van der Waals surface area contributed by atoms with Gasteiger partial charge in [0.25, 0.3) is 0 Å². The normalized spacial score (nSPS) is 36.6. The molecule has 1 N–H and O–H groups in total. The lowest BCUT2D eigenvalue weighted by Gasteiger charge is -2.56. The van der Waals surface area contributed by atoms with Crippen molar-refractivity contribution >= 4 is 0 Å². The summed E-state index contributed by atoms with van der Waals surface area (Å²) in [5, 5.41) is 3.79. The van der Waals surface area contributed by atoms with E-state index in [-0.39, 0.29) is 5.54 Å². The molecule has 0 bridgehead atoms. The summed E-state index contributed by atoms with van der Waals surface area (Å²) in [4.78, 5) is 2.81. The van der Waals surface area contributed by atoms with E-state index in [1.807, 2.05) is 0 Å². The van der Waals surface area contributed by atoms with Crippen molar-refractivity contribution in [3.8, 4) is 0 Å². The van der Waals surface area contributed by atoms with E-state index in [2.05, 4.69) is 44.8 Å². The average molecular weight is 268 g/mol. The van der Waals surface area contributed by atoms with E-state index in [0.29, 0.717) is 17.5 Å². The zero-order valence-electron chi connectivity index (χ0n) is 13.5. The summed E-state index contributed by atoms with van der Waals surface area (Å²) in [5.41, 5.74) is 0.596. The molecule has 0 saturated carbocycles. The highest BCUT2D eigenvalue weighted by molar-refractivity contribution is 5.02. The van der Waals surface area contributed by atoms with Crippen molar-refractivity contribution in [1.82, 2.24) is 10.2 Å². The van der Waals surface area contributed by atoms with Crippen LogP contribution in [0, 0.1) is 5.92 Å². The van der Waals surface area contributed by atoms with Gasteiger partial charge in [0.1, 0.15) is 0 Å². The maximum Gasteiger partial charge on any atom is 0.0483 e. The zero-order valence-corrected chi connectivity index (χ0v) is 13.5. The fraction of sp³-hybridized carbons (Fsp3) is 1.00. The molecule has 0 aromatic heterocycles. The molecular formula is C16H32N2O. The molecule has 2 aliphatic rings. The second kappa shape index (κ2) is 5.71. The molecule has 2 atom stereocenters. The topological polar surface area (TPSA) is 24.5 Å². The molecule has 3 nitrogen and oxygen atoms in total. The van der Waals surface area contributed by atoms with Crippen LogP contribution in [0.3, 0.4) is 0 Å². The van der Waals surface area contributed by atoms with Gasteiger partial charge in [-0.3, -0.25) is 4.90 Å². The van der Waals surface area contributed by atoms with Crippen molar-refractivity contribution in [2.75, 3.05) is 26.3 Å². The predicted octanol–water partition coefficient (Wildman–Crippen LogP) is 2.65. The predicted molar refractivity (Wildman–Crippen MR) is 80.5 cm³/mol. The fourth-order valence-corrected chi connectivity index (χ4v) is 3.53. The maximum atomic E-state index is 5.59. The van der Waals surface area contributed by atoms with Crippen molar-refractivity contribution in [1.29, 1.82) is 0 Å². The van der Waals surface area contributed by atoms with Gasteiger partial charge < -0.3 is 10.1 Å². The van der Waals surface area contributed by atoms with Crippen LogP contribution in [0.1, 0.15) is 53.9 Å². The van der Waals surface area contributed by atoms with Crippen LogP contribution in [0.4, 0.5) is 0 Å². The third-order valence-corrected chi connectivity index (χ3v) is 5.47. The van der Waals surface area contributed by atoms with E-state index in [9.17, 15) is 0 Å². The molecule has 0 radical (unpaired) electrons. The van der Waals surface area contributed by atoms with E-state index in [0.717, 1.165) is 19.8 Å². The Kier molecular flexibility index (Phi) is 4.59. The fourth-order valence-electron chi connectivity index (χ4n) is 3.53. The van der Waals surface area contributed by atoms with Gasteiger partial charge in [-0.25, -0.2) is 0 Å². The molecule has 0 aromatic rings. The highest BCUT2D eigenvalue weighted by atomic mass is 16.5. The van der Waals surface area contributed by atoms with Gasteiger partial charge in [0.05, 0.1) is 0 Å². The minimum absolute atomic E-state index is 0.271. The van der Waals surface area contributed by atoms with Crippen molar-refractivity contribution in [3.63, 3.8) is 0 Å². The Morgan fingerprint density at radius 3 is 2.42 bits per heavy atom. The van der Waals surface area contributed by atoms with E-state index in [1.54, 1.807) is 0 Å². The summed E-state index contributed by atoms with van der Waals surface area (Å²) >= 11 is 0. The summed E-state index contributed by atoms with van der Waals surface area (Å²) in [6.45, 7) is 16.0. The average Bonchev–Trinajstić information content (AvgIpc) is 2.39. The number of piperazine rings is 1. The number of hydrogen-bond donors (Lipinski definition) is 1. The Balaban J connectivity index is 2.19. The SMILES string of the molecule is CCC1(C)CN(C2(C)CCOCC2)C(C(C)C)CN1. The van der Waals surface area contributed by atoms with E-state index >= 15 is 0 Å². The van der Waals surface area contributed by atoms with Crippen molar-refractivity contribution < 1.29 is 4.74 Å². The summed E-state index contributed by atoms with van der Waals surface area (Å²) in [5.74, 6) is 0.702. The summed E-state index contributed by atoms with van der Waals surface area (Å²) in [7, 11) is 0. The molecule has 0 spiro atoms.